The molecule has 2 aromatic rings. The van der Waals surface area contributed by atoms with E-state index in [1.54, 1.807) is 6.07 Å². The van der Waals surface area contributed by atoms with Crippen LogP contribution in [0.5, 0.6) is 0 Å². The fourth-order valence-electron chi connectivity index (χ4n) is 1.52. The molecule has 1 aromatic carbocycles. The Balaban J connectivity index is 2.12. The first-order chi connectivity index (χ1) is 8.78. The zero-order chi connectivity index (χ0) is 12.8. The number of nitriles is 1. The van der Waals surface area contributed by atoms with Crippen molar-refractivity contribution in [3.8, 4) is 6.07 Å². The number of nitrogens with zero attached hydrogens (tertiary/aromatic N) is 3. The first-order valence-corrected chi connectivity index (χ1v) is 5.54. The summed E-state index contributed by atoms with van der Waals surface area (Å²) in [5.74, 6) is 1.32. The molecule has 0 aliphatic heterocycles. The van der Waals surface area contributed by atoms with Crippen molar-refractivity contribution in [1.82, 2.24) is 9.97 Å². The van der Waals surface area contributed by atoms with Gasteiger partial charge < -0.3 is 10.6 Å². The van der Waals surface area contributed by atoms with Crippen LogP contribution < -0.4 is 10.6 Å². The van der Waals surface area contributed by atoms with Crippen LogP contribution in [0.3, 0.4) is 0 Å². The van der Waals surface area contributed by atoms with Crippen molar-refractivity contribution in [2.45, 2.75) is 6.92 Å². The Morgan fingerprint density at radius 1 is 1.22 bits per heavy atom. The molecule has 0 radical (unpaired) electrons. The first kappa shape index (κ1) is 11.9. The van der Waals surface area contributed by atoms with Gasteiger partial charge in [-0.25, -0.2) is 9.97 Å². The van der Waals surface area contributed by atoms with Gasteiger partial charge in [0.25, 0.3) is 0 Å². The normalized spacial score (nSPS) is 9.56. The van der Waals surface area contributed by atoms with Crippen molar-refractivity contribution < 1.29 is 0 Å². The van der Waals surface area contributed by atoms with Crippen LogP contribution in [-0.4, -0.2) is 16.5 Å². The lowest BCUT2D eigenvalue weighted by atomic mass is 10.2. The molecule has 90 valence electrons. The van der Waals surface area contributed by atoms with Crippen molar-refractivity contribution in [2.75, 3.05) is 17.2 Å². The lowest BCUT2D eigenvalue weighted by Gasteiger charge is -2.07. The number of hydrogen-bond acceptors (Lipinski definition) is 5. The highest BCUT2D eigenvalue weighted by molar-refractivity contribution is 5.59. The topological polar surface area (TPSA) is 73.6 Å². The molecular formula is C13H13N5. The summed E-state index contributed by atoms with van der Waals surface area (Å²) < 4.78 is 0. The van der Waals surface area contributed by atoms with E-state index in [4.69, 9.17) is 5.26 Å². The van der Waals surface area contributed by atoms with Crippen LogP contribution in [0.15, 0.2) is 36.7 Å². The van der Waals surface area contributed by atoms with E-state index in [0.29, 0.717) is 11.6 Å². The molecule has 0 saturated carbocycles. The summed E-state index contributed by atoms with van der Waals surface area (Å²) in [5, 5.41) is 14.6. The molecule has 0 fully saturated rings. The van der Waals surface area contributed by atoms with Gasteiger partial charge in [0.15, 0.2) is 0 Å². The quantitative estimate of drug-likeness (QED) is 0.802. The Bertz CT molecular complexity index is 574. The monoisotopic (exact) mass is 239 g/mol. The number of benzene rings is 1. The van der Waals surface area contributed by atoms with Crippen LogP contribution in [0.25, 0.3) is 0 Å². The van der Waals surface area contributed by atoms with Gasteiger partial charge in [-0.05, 0) is 24.6 Å². The maximum Gasteiger partial charge on any atom is 0.135 e. The van der Waals surface area contributed by atoms with Gasteiger partial charge in [0.2, 0.25) is 0 Å². The fourth-order valence-corrected chi connectivity index (χ4v) is 1.52. The summed E-state index contributed by atoms with van der Waals surface area (Å²) in [6.45, 7) is 2.26. The third kappa shape index (κ3) is 3.19. The van der Waals surface area contributed by atoms with E-state index in [0.717, 1.165) is 5.69 Å². The summed E-state index contributed by atoms with van der Waals surface area (Å²) in [5.41, 5.74) is 2.15. The molecule has 5 nitrogen and oxygen atoms in total. The van der Waals surface area contributed by atoms with Gasteiger partial charge in [-0.3, -0.25) is 0 Å². The number of anilines is 3. The molecule has 0 bridgehead atoms. The third-order valence-electron chi connectivity index (χ3n) is 2.31. The van der Waals surface area contributed by atoms with Gasteiger partial charge in [0, 0.05) is 11.8 Å². The van der Waals surface area contributed by atoms with Gasteiger partial charge in [-0.2, -0.15) is 5.26 Å². The van der Waals surface area contributed by atoms with Crippen molar-refractivity contribution in [2.24, 2.45) is 0 Å². The average molecular weight is 239 g/mol. The number of aromatic nitrogens is 2. The van der Waals surface area contributed by atoms with Crippen LogP contribution >= 0.6 is 0 Å². The van der Waals surface area contributed by atoms with Crippen LogP contribution in [0, 0.1) is 18.3 Å². The zero-order valence-corrected chi connectivity index (χ0v) is 10.0. The molecule has 1 aromatic heterocycles. The highest BCUT2D eigenvalue weighted by Gasteiger charge is 1.99. The molecule has 2 rings (SSSR count). The summed E-state index contributed by atoms with van der Waals surface area (Å²) >= 11 is 0. The summed E-state index contributed by atoms with van der Waals surface area (Å²) in [7, 11) is 0. The molecule has 0 spiro atoms. The highest BCUT2D eigenvalue weighted by atomic mass is 15.1. The summed E-state index contributed by atoms with van der Waals surface area (Å²) in [6, 6.07) is 11.8. The molecular weight excluding hydrogens is 226 g/mol. The molecule has 5 heteroatoms. The van der Waals surface area contributed by atoms with E-state index >= 15 is 0 Å². The molecule has 0 unspecified atom stereocenters. The van der Waals surface area contributed by atoms with Crippen LogP contribution in [0.1, 0.15) is 5.56 Å². The highest BCUT2D eigenvalue weighted by Crippen LogP contribution is 2.16. The molecule has 18 heavy (non-hydrogen) atoms. The van der Waals surface area contributed by atoms with E-state index in [9.17, 15) is 0 Å². The van der Waals surface area contributed by atoms with Crippen molar-refractivity contribution in [1.29, 1.82) is 5.26 Å². The minimum Gasteiger partial charge on any atom is -0.357 e. The predicted octanol–water partition coefficient (Wildman–Crippen LogP) is 2.46. The second-order valence-corrected chi connectivity index (χ2v) is 3.79. The molecule has 2 N–H and O–H groups in total. The molecule has 0 aliphatic carbocycles. The van der Waals surface area contributed by atoms with Crippen molar-refractivity contribution in [3.05, 3.63) is 42.2 Å². The SMILES string of the molecule is Cc1cccc(Nc2cc(NCC#N)ncn2)c1. The number of aryl methyl sites for hydroxylation is 1. The van der Waals surface area contributed by atoms with Gasteiger partial charge in [-0.1, -0.05) is 12.1 Å². The Hall–Kier alpha value is -2.61. The van der Waals surface area contributed by atoms with Crippen LogP contribution in [0.4, 0.5) is 17.3 Å². The standard InChI is InChI=1S/C13H13N5/c1-10-3-2-4-11(7-10)18-13-8-12(15-6-5-14)16-9-17-13/h2-4,7-9H,6H2,1H3,(H2,15,16,17,18). The maximum atomic E-state index is 8.49. The molecule has 0 saturated heterocycles. The number of rotatable bonds is 4. The molecule has 0 amide bonds. The van der Waals surface area contributed by atoms with E-state index in [1.807, 2.05) is 37.3 Å². The Morgan fingerprint density at radius 2 is 2.06 bits per heavy atom. The van der Waals surface area contributed by atoms with Gasteiger partial charge >= 0.3 is 0 Å². The van der Waals surface area contributed by atoms with Crippen molar-refractivity contribution >= 4 is 17.3 Å². The minimum atomic E-state index is 0.223. The Morgan fingerprint density at radius 3 is 2.83 bits per heavy atom. The second-order valence-electron chi connectivity index (χ2n) is 3.79. The van der Waals surface area contributed by atoms with Gasteiger partial charge in [-0.15, -0.1) is 0 Å². The maximum absolute atomic E-state index is 8.49. The number of nitrogens with one attached hydrogen (secondary N) is 2. The van der Waals surface area contributed by atoms with Gasteiger partial charge in [0.1, 0.15) is 24.5 Å². The first-order valence-electron chi connectivity index (χ1n) is 5.54. The average Bonchev–Trinajstić information content (AvgIpc) is 2.37. The van der Waals surface area contributed by atoms with Crippen LogP contribution in [0.2, 0.25) is 0 Å². The van der Waals surface area contributed by atoms with Crippen LogP contribution in [-0.2, 0) is 0 Å². The Labute approximate surface area is 106 Å². The molecule has 0 aliphatic rings. The van der Waals surface area contributed by atoms with E-state index < -0.39 is 0 Å². The summed E-state index contributed by atoms with van der Waals surface area (Å²) in [6.07, 6.45) is 1.46. The molecule has 1 heterocycles. The lowest BCUT2D eigenvalue weighted by Crippen LogP contribution is -2.02. The summed E-state index contributed by atoms with van der Waals surface area (Å²) in [4.78, 5) is 8.15. The largest absolute Gasteiger partial charge is 0.357 e. The Kier molecular flexibility index (Phi) is 3.72. The molecule has 0 atom stereocenters. The van der Waals surface area contributed by atoms with E-state index in [2.05, 4.69) is 20.6 Å². The predicted molar refractivity (Wildman–Crippen MR) is 70.6 cm³/mol. The van der Waals surface area contributed by atoms with E-state index in [1.165, 1.54) is 11.9 Å². The lowest BCUT2D eigenvalue weighted by molar-refractivity contribution is 1.14. The fraction of sp³-hybridized carbons (Fsp3) is 0.154. The smallest absolute Gasteiger partial charge is 0.135 e. The number of hydrogen-bond donors (Lipinski definition) is 2. The second kappa shape index (κ2) is 5.64. The van der Waals surface area contributed by atoms with E-state index in [-0.39, 0.29) is 6.54 Å². The third-order valence-corrected chi connectivity index (χ3v) is 2.31. The zero-order valence-electron chi connectivity index (χ0n) is 10.0. The van der Waals surface area contributed by atoms with Gasteiger partial charge in [0.05, 0.1) is 6.07 Å². The van der Waals surface area contributed by atoms with Crippen molar-refractivity contribution in [3.63, 3.8) is 0 Å². The minimum absolute atomic E-state index is 0.223.